The molecule has 1 N–H and O–H groups in total. The van der Waals surface area contributed by atoms with Crippen LogP contribution >= 0.6 is 11.3 Å². The number of hydrogen-bond acceptors (Lipinski definition) is 6. The molecule has 0 amide bonds. The molecular formula is C16H18N2O4S. The number of benzene rings is 1. The van der Waals surface area contributed by atoms with Crippen molar-refractivity contribution in [1.29, 1.82) is 0 Å². The van der Waals surface area contributed by atoms with Gasteiger partial charge in [0.1, 0.15) is 18.5 Å². The van der Waals surface area contributed by atoms with Gasteiger partial charge in [0, 0.05) is 30.6 Å². The van der Waals surface area contributed by atoms with Gasteiger partial charge in [-0.3, -0.25) is 15.0 Å². The molecule has 0 aliphatic carbocycles. The van der Waals surface area contributed by atoms with Crippen LogP contribution in [-0.4, -0.2) is 40.7 Å². The minimum absolute atomic E-state index is 0.0157. The minimum atomic E-state index is -0.630. The van der Waals surface area contributed by atoms with Crippen molar-refractivity contribution in [1.82, 2.24) is 4.90 Å². The lowest BCUT2D eigenvalue weighted by Gasteiger charge is -2.28. The number of fused-ring (bicyclic) bond motifs is 1. The molecule has 0 radical (unpaired) electrons. The highest BCUT2D eigenvalue weighted by Crippen LogP contribution is 2.24. The van der Waals surface area contributed by atoms with E-state index in [1.807, 2.05) is 0 Å². The minimum Gasteiger partial charge on any atom is -0.491 e. The fraction of sp³-hybridized carbons (Fsp3) is 0.375. The van der Waals surface area contributed by atoms with Gasteiger partial charge in [-0.1, -0.05) is 6.07 Å². The van der Waals surface area contributed by atoms with Crippen molar-refractivity contribution >= 4 is 17.0 Å². The van der Waals surface area contributed by atoms with Crippen molar-refractivity contribution in [2.75, 3.05) is 19.7 Å². The van der Waals surface area contributed by atoms with Crippen LogP contribution in [0.5, 0.6) is 5.75 Å². The number of nitrogens with zero attached hydrogens (tertiary/aromatic N) is 2. The zero-order chi connectivity index (χ0) is 16.2. The Morgan fingerprint density at radius 3 is 3.13 bits per heavy atom. The Morgan fingerprint density at radius 1 is 1.43 bits per heavy atom. The molecule has 23 heavy (non-hydrogen) atoms. The second-order valence-electron chi connectivity index (χ2n) is 5.57. The normalized spacial score (nSPS) is 15.9. The van der Waals surface area contributed by atoms with Crippen LogP contribution in [0.2, 0.25) is 0 Å². The van der Waals surface area contributed by atoms with Crippen molar-refractivity contribution in [2.45, 2.75) is 19.1 Å². The maximum Gasteiger partial charge on any atom is 0.273 e. The lowest BCUT2D eigenvalue weighted by atomic mass is 10.1. The first-order valence-electron chi connectivity index (χ1n) is 7.45. The van der Waals surface area contributed by atoms with Crippen LogP contribution < -0.4 is 4.74 Å². The first-order valence-corrected chi connectivity index (χ1v) is 8.32. The summed E-state index contributed by atoms with van der Waals surface area (Å²) in [6.45, 7) is 2.44. The number of aliphatic hydroxyl groups excluding tert-OH is 1. The number of nitro benzene ring substituents is 1. The third-order valence-corrected chi connectivity index (χ3v) is 4.85. The van der Waals surface area contributed by atoms with Crippen LogP contribution in [0, 0.1) is 10.1 Å². The first-order chi connectivity index (χ1) is 11.1. The molecule has 1 aromatic heterocycles. The van der Waals surface area contributed by atoms with E-state index in [-0.39, 0.29) is 12.3 Å². The molecule has 0 saturated carbocycles. The number of β-amino-alcohol motifs (C(OH)–C–C–N with tert-alkyl or cyclic N) is 1. The van der Waals surface area contributed by atoms with E-state index in [2.05, 4.69) is 16.3 Å². The summed E-state index contributed by atoms with van der Waals surface area (Å²) in [5.74, 6) is 0.400. The largest absolute Gasteiger partial charge is 0.491 e. The monoisotopic (exact) mass is 334 g/mol. The Kier molecular flexibility index (Phi) is 4.90. The van der Waals surface area contributed by atoms with Crippen molar-refractivity contribution in [2.24, 2.45) is 0 Å². The van der Waals surface area contributed by atoms with E-state index < -0.39 is 11.0 Å². The van der Waals surface area contributed by atoms with Gasteiger partial charge in [-0.05, 0) is 29.5 Å². The van der Waals surface area contributed by atoms with Gasteiger partial charge in [0.2, 0.25) is 0 Å². The summed E-state index contributed by atoms with van der Waals surface area (Å²) in [5.41, 5.74) is 1.33. The Balaban J connectivity index is 1.49. The molecule has 1 aliphatic rings. The Morgan fingerprint density at radius 2 is 2.30 bits per heavy atom. The molecule has 2 heterocycles. The van der Waals surface area contributed by atoms with E-state index in [0.29, 0.717) is 12.3 Å². The van der Waals surface area contributed by atoms with Crippen molar-refractivity contribution in [3.8, 4) is 5.75 Å². The van der Waals surface area contributed by atoms with E-state index in [0.717, 1.165) is 19.5 Å². The summed E-state index contributed by atoms with van der Waals surface area (Å²) in [4.78, 5) is 13.9. The van der Waals surface area contributed by atoms with Gasteiger partial charge in [-0.15, -0.1) is 11.3 Å². The molecule has 7 heteroatoms. The van der Waals surface area contributed by atoms with E-state index in [9.17, 15) is 15.2 Å². The second kappa shape index (κ2) is 7.08. The van der Waals surface area contributed by atoms with Crippen LogP contribution in [0.3, 0.4) is 0 Å². The highest BCUT2D eigenvalue weighted by Gasteiger charge is 2.19. The summed E-state index contributed by atoms with van der Waals surface area (Å²) < 4.78 is 5.48. The second-order valence-corrected chi connectivity index (χ2v) is 6.57. The molecule has 122 valence electrons. The van der Waals surface area contributed by atoms with Gasteiger partial charge in [0.15, 0.2) is 0 Å². The maximum absolute atomic E-state index is 10.7. The molecule has 0 spiro atoms. The molecule has 6 nitrogen and oxygen atoms in total. The van der Waals surface area contributed by atoms with Gasteiger partial charge in [0.05, 0.1) is 11.0 Å². The van der Waals surface area contributed by atoms with Crippen molar-refractivity contribution in [3.63, 3.8) is 0 Å². The molecule has 0 bridgehead atoms. The van der Waals surface area contributed by atoms with Crippen LogP contribution in [0.15, 0.2) is 35.7 Å². The van der Waals surface area contributed by atoms with Crippen LogP contribution in [0.1, 0.15) is 10.4 Å². The number of ether oxygens (including phenoxy) is 1. The highest BCUT2D eigenvalue weighted by atomic mass is 32.1. The summed E-state index contributed by atoms with van der Waals surface area (Å²) in [5, 5.41) is 23.0. The van der Waals surface area contributed by atoms with Crippen molar-refractivity contribution in [3.05, 3.63) is 56.3 Å². The van der Waals surface area contributed by atoms with Gasteiger partial charge < -0.3 is 9.84 Å². The summed E-state index contributed by atoms with van der Waals surface area (Å²) in [6, 6.07) is 8.14. The van der Waals surface area contributed by atoms with Crippen molar-refractivity contribution < 1.29 is 14.8 Å². The standard InChI is InChI=1S/C16H18N2O4S/c19-14(10-17-6-4-16-12(9-17)5-7-23-16)11-22-15-3-1-2-13(8-15)18(20)21/h1-3,5,7-8,14,19H,4,6,9-11H2/t14-/m1/s1. The van der Waals surface area contributed by atoms with Gasteiger partial charge in [0.25, 0.3) is 5.69 Å². The molecule has 1 aromatic carbocycles. The summed E-state index contributed by atoms with van der Waals surface area (Å²) >= 11 is 1.79. The fourth-order valence-electron chi connectivity index (χ4n) is 2.69. The summed E-state index contributed by atoms with van der Waals surface area (Å²) in [6.07, 6.45) is 0.389. The molecule has 1 atom stereocenters. The van der Waals surface area contributed by atoms with E-state index in [1.165, 1.54) is 22.6 Å². The van der Waals surface area contributed by atoms with Crippen LogP contribution in [0.4, 0.5) is 5.69 Å². The van der Waals surface area contributed by atoms with Crippen LogP contribution in [0.25, 0.3) is 0 Å². The lowest BCUT2D eigenvalue weighted by molar-refractivity contribution is -0.384. The predicted octanol–water partition coefficient (Wildman–Crippen LogP) is 2.45. The molecule has 0 unspecified atom stereocenters. The number of thiophene rings is 1. The molecule has 2 aromatic rings. The topological polar surface area (TPSA) is 75.8 Å². The van der Waals surface area contributed by atoms with Gasteiger partial charge in [-0.25, -0.2) is 0 Å². The third-order valence-electron chi connectivity index (χ3n) is 3.83. The molecule has 1 aliphatic heterocycles. The number of rotatable bonds is 6. The third kappa shape index (κ3) is 4.07. The molecule has 0 fully saturated rings. The Bertz CT molecular complexity index is 688. The smallest absolute Gasteiger partial charge is 0.273 e. The van der Waals surface area contributed by atoms with E-state index in [1.54, 1.807) is 23.5 Å². The molecule has 3 rings (SSSR count). The van der Waals surface area contributed by atoms with Gasteiger partial charge >= 0.3 is 0 Å². The summed E-state index contributed by atoms with van der Waals surface area (Å²) in [7, 11) is 0. The number of aliphatic hydroxyl groups is 1. The number of nitro groups is 1. The van der Waals surface area contributed by atoms with Crippen LogP contribution in [-0.2, 0) is 13.0 Å². The number of hydrogen-bond donors (Lipinski definition) is 1. The average molecular weight is 334 g/mol. The average Bonchev–Trinajstić information content (AvgIpc) is 3.01. The predicted molar refractivity (Wildman–Crippen MR) is 87.9 cm³/mol. The Labute approximate surface area is 138 Å². The quantitative estimate of drug-likeness (QED) is 0.649. The highest BCUT2D eigenvalue weighted by molar-refractivity contribution is 7.10. The first kappa shape index (κ1) is 15.9. The zero-order valence-corrected chi connectivity index (χ0v) is 13.4. The van der Waals surface area contributed by atoms with E-state index >= 15 is 0 Å². The number of non-ortho nitro benzene ring substituents is 1. The zero-order valence-electron chi connectivity index (χ0n) is 12.6. The lowest BCUT2D eigenvalue weighted by Crippen LogP contribution is -2.38. The van der Waals surface area contributed by atoms with Gasteiger partial charge in [-0.2, -0.15) is 0 Å². The maximum atomic E-state index is 10.7. The fourth-order valence-corrected chi connectivity index (χ4v) is 3.58. The van der Waals surface area contributed by atoms with E-state index in [4.69, 9.17) is 4.74 Å². The molecule has 0 saturated heterocycles. The SMILES string of the molecule is O=[N+]([O-])c1cccc(OC[C@H](O)CN2CCc3sccc3C2)c1. The Hall–Kier alpha value is -1.96. The molecular weight excluding hydrogens is 316 g/mol.